The molecule has 1 aromatic heterocycles. The van der Waals surface area contributed by atoms with Gasteiger partial charge in [0.1, 0.15) is 0 Å². The van der Waals surface area contributed by atoms with Crippen LogP contribution in [0.2, 0.25) is 0 Å². The number of nitrogens with one attached hydrogen (secondary N) is 1. The van der Waals surface area contributed by atoms with E-state index < -0.39 is 0 Å². The molecule has 3 atom stereocenters. The molecule has 4 rings (SSSR count). The third-order valence-corrected chi connectivity index (χ3v) is 6.03. The van der Waals surface area contributed by atoms with Gasteiger partial charge in [-0.05, 0) is 63.6 Å². The molecular formula is C17H29ClN4. The molecule has 0 amide bonds. The fourth-order valence-corrected chi connectivity index (χ4v) is 4.98. The molecule has 4 nitrogen and oxygen atoms in total. The number of nitrogens with zero attached hydrogens (tertiary/aromatic N) is 3. The van der Waals surface area contributed by atoms with Gasteiger partial charge in [0.15, 0.2) is 0 Å². The maximum atomic E-state index is 4.37. The standard InChI is InChI=1S/C17H28N4.ClH/c1-20-17(6-8-19-20)14-9-15-4-5-16(10-14)21(15)12-13-3-2-7-18-11-13;/h6,8,13-16,18H,2-5,7,9-12H2,1H3;1H. The second-order valence-corrected chi connectivity index (χ2v) is 7.34. The molecule has 3 aliphatic heterocycles. The van der Waals surface area contributed by atoms with Crippen molar-refractivity contribution in [3.63, 3.8) is 0 Å². The second-order valence-electron chi connectivity index (χ2n) is 7.34. The van der Waals surface area contributed by atoms with Crippen molar-refractivity contribution in [3.05, 3.63) is 18.0 Å². The number of aromatic nitrogens is 2. The molecule has 5 heteroatoms. The molecule has 1 N–H and O–H groups in total. The molecule has 0 saturated carbocycles. The second kappa shape index (κ2) is 6.90. The number of halogens is 1. The van der Waals surface area contributed by atoms with E-state index in [9.17, 15) is 0 Å². The fourth-order valence-electron chi connectivity index (χ4n) is 4.98. The molecule has 3 fully saturated rings. The minimum Gasteiger partial charge on any atom is -0.316 e. The summed E-state index contributed by atoms with van der Waals surface area (Å²) in [5.41, 5.74) is 1.45. The van der Waals surface area contributed by atoms with E-state index >= 15 is 0 Å². The van der Waals surface area contributed by atoms with E-state index in [0.29, 0.717) is 0 Å². The van der Waals surface area contributed by atoms with Crippen molar-refractivity contribution in [1.82, 2.24) is 20.0 Å². The molecule has 0 aromatic carbocycles. The van der Waals surface area contributed by atoms with E-state index in [4.69, 9.17) is 0 Å². The van der Waals surface area contributed by atoms with Gasteiger partial charge in [-0.1, -0.05) is 0 Å². The van der Waals surface area contributed by atoms with Crippen LogP contribution in [0.15, 0.2) is 12.3 Å². The summed E-state index contributed by atoms with van der Waals surface area (Å²) in [6.07, 6.45) is 10.3. The van der Waals surface area contributed by atoms with Crippen LogP contribution < -0.4 is 5.32 Å². The molecular weight excluding hydrogens is 296 g/mol. The van der Waals surface area contributed by atoms with Gasteiger partial charge < -0.3 is 5.32 Å². The largest absolute Gasteiger partial charge is 0.316 e. The average Bonchev–Trinajstić information content (AvgIpc) is 3.01. The van der Waals surface area contributed by atoms with Crippen molar-refractivity contribution in [2.24, 2.45) is 13.0 Å². The number of rotatable bonds is 3. The summed E-state index contributed by atoms with van der Waals surface area (Å²) in [6.45, 7) is 3.80. The lowest BCUT2D eigenvalue weighted by Crippen LogP contribution is -2.47. The third kappa shape index (κ3) is 3.06. The van der Waals surface area contributed by atoms with E-state index in [0.717, 1.165) is 23.9 Å². The highest BCUT2D eigenvalue weighted by Gasteiger charge is 2.42. The van der Waals surface area contributed by atoms with Gasteiger partial charge in [-0.3, -0.25) is 9.58 Å². The fraction of sp³-hybridized carbons (Fsp3) is 0.824. The van der Waals surface area contributed by atoms with Crippen LogP contribution in [-0.2, 0) is 7.05 Å². The Morgan fingerprint density at radius 3 is 2.59 bits per heavy atom. The van der Waals surface area contributed by atoms with Crippen molar-refractivity contribution in [2.45, 2.75) is 56.5 Å². The van der Waals surface area contributed by atoms with Crippen LogP contribution in [-0.4, -0.2) is 46.4 Å². The third-order valence-electron chi connectivity index (χ3n) is 6.03. The molecule has 2 bridgehead atoms. The molecule has 1 aromatic rings. The topological polar surface area (TPSA) is 33.1 Å². The molecule has 4 heterocycles. The Balaban J connectivity index is 0.00000144. The average molecular weight is 325 g/mol. The number of aryl methyl sites for hydroxylation is 1. The Hall–Kier alpha value is -0.580. The lowest BCUT2D eigenvalue weighted by molar-refractivity contribution is 0.0971. The zero-order chi connectivity index (χ0) is 14.2. The quantitative estimate of drug-likeness (QED) is 0.927. The number of hydrogen-bond acceptors (Lipinski definition) is 3. The first-order valence-electron chi connectivity index (χ1n) is 8.75. The Kier molecular flexibility index (Phi) is 5.10. The predicted molar refractivity (Wildman–Crippen MR) is 91.5 cm³/mol. The minimum atomic E-state index is 0. The Morgan fingerprint density at radius 1 is 1.23 bits per heavy atom. The van der Waals surface area contributed by atoms with Crippen LogP contribution in [0.5, 0.6) is 0 Å². The summed E-state index contributed by atoms with van der Waals surface area (Å²) in [6, 6.07) is 3.88. The monoisotopic (exact) mass is 324 g/mol. The summed E-state index contributed by atoms with van der Waals surface area (Å²) in [5, 5.41) is 7.94. The van der Waals surface area contributed by atoms with Gasteiger partial charge in [0.2, 0.25) is 0 Å². The zero-order valence-electron chi connectivity index (χ0n) is 13.6. The van der Waals surface area contributed by atoms with Crippen molar-refractivity contribution in [2.75, 3.05) is 19.6 Å². The number of fused-ring (bicyclic) bond motifs is 2. The Bertz CT molecular complexity index is 469. The van der Waals surface area contributed by atoms with Gasteiger partial charge in [-0.2, -0.15) is 5.10 Å². The van der Waals surface area contributed by atoms with E-state index in [1.807, 2.05) is 6.20 Å². The highest BCUT2D eigenvalue weighted by atomic mass is 35.5. The molecule has 3 unspecified atom stereocenters. The molecule has 0 aliphatic carbocycles. The summed E-state index contributed by atoms with van der Waals surface area (Å²) >= 11 is 0. The SMILES string of the molecule is Cl.Cn1nccc1C1CC2CCC(C1)N2CC1CCCNC1. The van der Waals surface area contributed by atoms with Gasteiger partial charge in [0, 0.05) is 43.5 Å². The summed E-state index contributed by atoms with van der Waals surface area (Å²) in [5.74, 6) is 1.62. The summed E-state index contributed by atoms with van der Waals surface area (Å²) < 4.78 is 2.09. The van der Waals surface area contributed by atoms with Crippen molar-refractivity contribution in [1.29, 1.82) is 0 Å². The first kappa shape index (κ1) is 16.3. The highest BCUT2D eigenvalue weighted by molar-refractivity contribution is 5.85. The first-order valence-corrected chi connectivity index (χ1v) is 8.75. The number of piperidine rings is 2. The van der Waals surface area contributed by atoms with Crippen molar-refractivity contribution >= 4 is 12.4 Å². The summed E-state index contributed by atoms with van der Waals surface area (Å²) in [7, 11) is 2.09. The smallest absolute Gasteiger partial charge is 0.0492 e. The van der Waals surface area contributed by atoms with E-state index in [-0.39, 0.29) is 12.4 Å². The molecule has 22 heavy (non-hydrogen) atoms. The van der Waals surface area contributed by atoms with Crippen LogP contribution in [0.25, 0.3) is 0 Å². The molecule has 3 aliphatic rings. The van der Waals surface area contributed by atoms with Crippen molar-refractivity contribution < 1.29 is 0 Å². The van der Waals surface area contributed by atoms with E-state index in [1.54, 1.807) is 0 Å². The maximum absolute atomic E-state index is 4.37. The van der Waals surface area contributed by atoms with Crippen LogP contribution in [0.1, 0.15) is 50.1 Å². The molecule has 0 radical (unpaired) electrons. The lowest BCUT2D eigenvalue weighted by atomic mass is 9.87. The predicted octanol–water partition coefficient (Wildman–Crippen LogP) is 2.55. The van der Waals surface area contributed by atoms with E-state index in [1.165, 1.54) is 63.9 Å². The Morgan fingerprint density at radius 2 is 2.00 bits per heavy atom. The zero-order valence-corrected chi connectivity index (χ0v) is 14.4. The van der Waals surface area contributed by atoms with Crippen LogP contribution in [0.4, 0.5) is 0 Å². The first-order chi connectivity index (χ1) is 10.3. The van der Waals surface area contributed by atoms with Gasteiger partial charge in [-0.25, -0.2) is 0 Å². The van der Waals surface area contributed by atoms with Crippen LogP contribution in [0.3, 0.4) is 0 Å². The molecule has 124 valence electrons. The van der Waals surface area contributed by atoms with Crippen LogP contribution >= 0.6 is 12.4 Å². The number of hydrogen-bond donors (Lipinski definition) is 1. The maximum Gasteiger partial charge on any atom is 0.0492 e. The van der Waals surface area contributed by atoms with Gasteiger partial charge in [0.25, 0.3) is 0 Å². The van der Waals surface area contributed by atoms with Gasteiger partial charge in [0.05, 0.1) is 0 Å². The minimum absolute atomic E-state index is 0. The van der Waals surface area contributed by atoms with Gasteiger partial charge >= 0.3 is 0 Å². The lowest BCUT2D eigenvalue weighted by Gasteiger charge is -2.41. The molecule has 0 spiro atoms. The van der Waals surface area contributed by atoms with Gasteiger partial charge in [-0.15, -0.1) is 12.4 Å². The highest BCUT2D eigenvalue weighted by Crippen LogP contribution is 2.43. The van der Waals surface area contributed by atoms with Crippen LogP contribution in [0, 0.1) is 5.92 Å². The van der Waals surface area contributed by atoms with E-state index in [2.05, 4.69) is 33.1 Å². The van der Waals surface area contributed by atoms with Crippen molar-refractivity contribution in [3.8, 4) is 0 Å². The normalized spacial score (nSPS) is 35.3. The molecule has 3 saturated heterocycles. The Labute approximate surface area is 140 Å². The summed E-state index contributed by atoms with van der Waals surface area (Å²) in [4.78, 5) is 2.87.